The number of allylic oxidation sites excluding steroid dienone is 1. The van der Waals surface area contributed by atoms with E-state index < -0.39 is 0 Å². The lowest BCUT2D eigenvalue weighted by Crippen LogP contribution is -1.79. The summed E-state index contributed by atoms with van der Waals surface area (Å²) in [6.45, 7) is 2.20. The van der Waals surface area contributed by atoms with Gasteiger partial charge in [0.05, 0.1) is 0 Å². The molecule has 2 aromatic rings. The average Bonchev–Trinajstić information content (AvgIpc) is 2.60. The molecule has 0 radical (unpaired) electrons. The van der Waals surface area contributed by atoms with Gasteiger partial charge < -0.3 is 0 Å². The van der Waals surface area contributed by atoms with Gasteiger partial charge in [0, 0.05) is 19.4 Å². The lowest BCUT2D eigenvalue weighted by molar-refractivity contribution is 1.22. The molecule has 0 saturated carbocycles. The van der Waals surface area contributed by atoms with Crippen molar-refractivity contribution in [1.29, 1.82) is 0 Å². The third kappa shape index (κ3) is 1.11. The van der Waals surface area contributed by atoms with Crippen LogP contribution in [0.5, 0.6) is 0 Å². The molecular weight excluding hydrogens is 256 g/mol. The van der Waals surface area contributed by atoms with Crippen LogP contribution in [0.1, 0.15) is 17.4 Å². The Balaban J connectivity index is 2.42. The normalized spacial score (nSPS) is 14.6. The predicted octanol–water partition coefficient (Wildman–Crippen LogP) is 4.62. The lowest BCUT2D eigenvalue weighted by atomic mass is 10.1. The quantitative estimate of drug-likeness (QED) is 0.651. The number of rotatable bonds is 0. The molecule has 0 bridgehead atoms. The van der Waals surface area contributed by atoms with Crippen LogP contribution in [0.2, 0.25) is 0 Å². The van der Waals surface area contributed by atoms with Gasteiger partial charge in [-0.25, -0.2) is 0 Å². The zero-order valence-electron chi connectivity index (χ0n) is 7.80. The molecule has 0 atom stereocenters. The topological polar surface area (TPSA) is 0 Å². The van der Waals surface area contributed by atoms with Gasteiger partial charge in [-0.3, -0.25) is 0 Å². The number of thiophene rings is 1. The van der Waals surface area contributed by atoms with E-state index >= 15 is 0 Å². The molecule has 0 spiro atoms. The molecule has 0 fully saturated rings. The van der Waals surface area contributed by atoms with Crippen LogP contribution in [-0.4, -0.2) is 0 Å². The third-order valence-electron chi connectivity index (χ3n) is 2.63. The molecule has 2 heteroatoms. The summed E-state index contributed by atoms with van der Waals surface area (Å²) in [6.07, 6.45) is 3.43. The van der Waals surface area contributed by atoms with Crippen LogP contribution in [0, 0.1) is 0 Å². The summed E-state index contributed by atoms with van der Waals surface area (Å²) in [5, 5.41) is 1.42. The Hall–Kier alpha value is -0.600. The molecule has 0 nitrogen and oxygen atoms in total. The fourth-order valence-electron chi connectivity index (χ4n) is 2.03. The van der Waals surface area contributed by atoms with Crippen molar-refractivity contribution in [3.05, 3.63) is 38.7 Å². The average molecular weight is 265 g/mol. The molecule has 1 aliphatic carbocycles. The van der Waals surface area contributed by atoms with E-state index in [1.807, 2.05) is 11.3 Å². The minimum atomic E-state index is 1.12. The number of hydrogen-bond donors (Lipinski definition) is 0. The Morgan fingerprint density at radius 3 is 3.07 bits per heavy atom. The van der Waals surface area contributed by atoms with E-state index in [0.29, 0.717) is 0 Å². The molecule has 14 heavy (non-hydrogen) atoms. The van der Waals surface area contributed by atoms with Crippen LogP contribution in [0.4, 0.5) is 0 Å². The Bertz CT molecular complexity index is 549. The SMILES string of the molecule is CC1=Cc2sc3cccc(Br)c3c2C1. The highest BCUT2D eigenvalue weighted by Gasteiger charge is 2.17. The predicted molar refractivity (Wildman–Crippen MR) is 66.9 cm³/mol. The van der Waals surface area contributed by atoms with Crippen molar-refractivity contribution in [2.75, 3.05) is 0 Å². The van der Waals surface area contributed by atoms with Gasteiger partial charge in [0.25, 0.3) is 0 Å². The van der Waals surface area contributed by atoms with Crippen molar-refractivity contribution in [1.82, 2.24) is 0 Å². The molecule has 1 aliphatic rings. The van der Waals surface area contributed by atoms with E-state index in [2.05, 4.69) is 47.1 Å². The van der Waals surface area contributed by atoms with Crippen molar-refractivity contribution in [2.24, 2.45) is 0 Å². The third-order valence-corrected chi connectivity index (χ3v) is 4.43. The van der Waals surface area contributed by atoms with Crippen LogP contribution < -0.4 is 0 Å². The van der Waals surface area contributed by atoms with Crippen LogP contribution in [0.3, 0.4) is 0 Å². The van der Waals surface area contributed by atoms with Gasteiger partial charge in [0.2, 0.25) is 0 Å². The fraction of sp³-hybridized carbons (Fsp3) is 0.167. The number of benzene rings is 1. The summed E-state index contributed by atoms with van der Waals surface area (Å²) in [5.41, 5.74) is 2.99. The van der Waals surface area contributed by atoms with Crippen LogP contribution in [0.25, 0.3) is 16.2 Å². The van der Waals surface area contributed by atoms with Crippen molar-refractivity contribution in [3.8, 4) is 0 Å². The Kier molecular flexibility index (Phi) is 1.83. The molecule has 70 valence electrons. The molecule has 0 N–H and O–H groups in total. The van der Waals surface area contributed by atoms with Gasteiger partial charge in [-0.05, 0) is 37.1 Å². The van der Waals surface area contributed by atoms with Crippen LogP contribution >= 0.6 is 27.3 Å². The maximum atomic E-state index is 3.63. The van der Waals surface area contributed by atoms with Crippen LogP contribution in [-0.2, 0) is 6.42 Å². The highest BCUT2D eigenvalue weighted by atomic mass is 79.9. The van der Waals surface area contributed by atoms with Crippen LogP contribution in [0.15, 0.2) is 28.2 Å². The van der Waals surface area contributed by atoms with E-state index in [0.717, 1.165) is 6.42 Å². The van der Waals surface area contributed by atoms with Crippen molar-refractivity contribution < 1.29 is 0 Å². The molecule has 0 unspecified atom stereocenters. The van der Waals surface area contributed by atoms with Gasteiger partial charge in [-0.2, -0.15) is 0 Å². The Labute approximate surface area is 95.4 Å². The maximum Gasteiger partial charge on any atom is 0.0363 e. The molecular formula is C12H9BrS. The molecule has 1 aromatic heterocycles. The summed E-state index contributed by atoms with van der Waals surface area (Å²) >= 11 is 5.53. The maximum absolute atomic E-state index is 3.63. The monoisotopic (exact) mass is 264 g/mol. The summed E-state index contributed by atoms with van der Waals surface area (Å²) < 4.78 is 2.63. The first kappa shape index (κ1) is 8.69. The highest BCUT2D eigenvalue weighted by Crippen LogP contribution is 2.41. The number of fused-ring (bicyclic) bond motifs is 3. The fourth-order valence-corrected chi connectivity index (χ4v) is 4.04. The minimum absolute atomic E-state index is 1.12. The van der Waals surface area contributed by atoms with Gasteiger partial charge >= 0.3 is 0 Å². The smallest absolute Gasteiger partial charge is 0.0363 e. The van der Waals surface area contributed by atoms with Crippen molar-refractivity contribution in [2.45, 2.75) is 13.3 Å². The van der Waals surface area contributed by atoms with Crippen molar-refractivity contribution in [3.63, 3.8) is 0 Å². The van der Waals surface area contributed by atoms with E-state index in [1.54, 1.807) is 0 Å². The second kappa shape index (κ2) is 2.94. The second-order valence-corrected chi connectivity index (χ2v) is 5.66. The standard InChI is InChI=1S/C12H9BrS/c1-7-5-8-11(6-7)14-10-4-2-3-9(13)12(8)10/h2-4,6H,5H2,1H3. The molecule has 1 aromatic carbocycles. The summed E-state index contributed by atoms with van der Waals surface area (Å²) in [4.78, 5) is 1.45. The van der Waals surface area contributed by atoms with E-state index in [1.165, 1.54) is 30.6 Å². The summed E-state index contributed by atoms with van der Waals surface area (Å²) in [6, 6.07) is 6.43. The zero-order chi connectivity index (χ0) is 9.71. The van der Waals surface area contributed by atoms with Gasteiger partial charge in [-0.1, -0.05) is 27.6 Å². The lowest BCUT2D eigenvalue weighted by Gasteiger charge is -1.97. The first-order valence-electron chi connectivity index (χ1n) is 4.63. The van der Waals surface area contributed by atoms with Gasteiger partial charge in [0.1, 0.15) is 0 Å². The molecule has 0 saturated heterocycles. The highest BCUT2D eigenvalue weighted by molar-refractivity contribution is 9.10. The van der Waals surface area contributed by atoms with Gasteiger partial charge in [-0.15, -0.1) is 11.3 Å². The number of halogens is 1. The molecule has 0 amide bonds. The van der Waals surface area contributed by atoms with E-state index in [-0.39, 0.29) is 0 Å². The number of hydrogen-bond acceptors (Lipinski definition) is 1. The molecule has 3 rings (SSSR count). The summed E-state index contributed by atoms with van der Waals surface area (Å²) in [7, 11) is 0. The minimum Gasteiger partial charge on any atom is -0.135 e. The molecule has 0 aliphatic heterocycles. The first-order valence-corrected chi connectivity index (χ1v) is 6.24. The van der Waals surface area contributed by atoms with Crippen molar-refractivity contribution >= 4 is 43.4 Å². The largest absolute Gasteiger partial charge is 0.135 e. The van der Waals surface area contributed by atoms with E-state index in [9.17, 15) is 0 Å². The Morgan fingerprint density at radius 2 is 2.21 bits per heavy atom. The second-order valence-electron chi connectivity index (χ2n) is 3.73. The molecule has 1 heterocycles. The van der Waals surface area contributed by atoms with Gasteiger partial charge in [0.15, 0.2) is 0 Å². The first-order chi connectivity index (χ1) is 6.75. The summed E-state index contributed by atoms with van der Waals surface area (Å²) in [5.74, 6) is 0. The zero-order valence-corrected chi connectivity index (χ0v) is 10.2. The Morgan fingerprint density at radius 1 is 1.36 bits per heavy atom. The van der Waals surface area contributed by atoms with E-state index in [4.69, 9.17) is 0 Å².